The van der Waals surface area contributed by atoms with Crippen LogP contribution in [0.3, 0.4) is 0 Å². The molecule has 0 fully saturated rings. The van der Waals surface area contributed by atoms with Gasteiger partial charge >= 0.3 is 0 Å². The van der Waals surface area contributed by atoms with Crippen molar-refractivity contribution in [3.63, 3.8) is 0 Å². The molecule has 0 radical (unpaired) electrons. The highest BCUT2D eigenvalue weighted by atomic mass is 32.2. The highest BCUT2D eigenvalue weighted by Gasteiger charge is 2.40. The fourth-order valence-electron chi connectivity index (χ4n) is 10.9. The number of aromatic nitrogens is 3. The first-order valence-corrected chi connectivity index (χ1v) is 30.3. The zero-order valence-electron chi connectivity index (χ0n) is 47.9. The molecule has 4 atom stereocenters. The molecule has 4 aliphatic rings. The molecule has 410 valence electrons. The Morgan fingerprint density at radius 2 is 1.21 bits per heavy atom. The van der Waals surface area contributed by atoms with Crippen LogP contribution >= 0.6 is 0 Å². The van der Waals surface area contributed by atoms with Gasteiger partial charge in [0.05, 0.1) is 35.3 Å². The lowest BCUT2D eigenvalue weighted by Crippen LogP contribution is -2.49. The van der Waals surface area contributed by atoms with Crippen molar-refractivity contribution in [1.29, 1.82) is 0 Å². The molecule has 0 saturated heterocycles. The average molecular weight is 1070 g/mol. The van der Waals surface area contributed by atoms with Crippen LogP contribution in [0.2, 0.25) is 0 Å². The number of fused-ring (bicyclic) bond motifs is 3. The number of nitrogens with two attached hydrogens (primary N) is 1. The Bertz CT molecular complexity index is 3130. The molecule has 5 heterocycles. The summed E-state index contributed by atoms with van der Waals surface area (Å²) in [6, 6.07) is 9.13. The molecule has 4 aliphatic heterocycles. The number of nitrogens with one attached hydrogen (secondary N) is 2. The number of rotatable bonds is 16. The molecule has 0 bridgehead atoms. The Balaban J connectivity index is 1.09. The molecule has 75 heavy (non-hydrogen) atoms. The van der Waals surface area contributed by atoms with E-state index in [4.69, 9.17) is 25.8 Å². The van der Waals surface area contributed by atoms with Crippen LogP contribution in [0.4, 0.5) is 22.7 Å². The minimum atomic E-state index is -3.39. The molecule has 20 heteroatoms. The quantitative estimate of drug-likeness (QED) is 0.0704. The minimum Gasteiger partial charge on any atom is -0.387 e. The maximum absolute atomic E-state index is 11.8. The number of sulfonamides is 2. The summed E-state index contributed by atoms with van der Waals surface area (Å²) in [6.07, 6.45) is 7.46. The molecule has 4 N–H and O–H groups in total. The number of aryl methyl sites for hydroxylation is 2. The van der Waals surface area contributed by atoms with E-state index in [0.29, 0.717) is 46.5 Å². The lowest BCUT2D eigenvalue weighted by molar-refractivity contribution is 0.364. The van der Waals surface area contributed by atoms with Gasteiger partial charge in [-0.2, -0.15) is 10.2 Å². The molecular weight excluding hydrogens is 985 g/mol. The first-order chi connectivity index (χ1) is 34.5. The smallest absolute Gasteiger partial charge is 0.208 e. The summed E-state index contributed by atoms with van der Waals surface area (Å²) in [7, 11) is -6.76. The van der Waals surface area contributed by atoms with E-state index in [9.17, 15) is 16.8 Å². The second-order valence-corrected chi connectivity index (χ2v) is 28.8. The highest BCUT2D eigenvalue weighted by Crippen LogP contribution is 2.48. The molecule has 0 aliphatic carbocycles. The van der Waals surface area contributed by atoms with E-state index in [1.54, 1.807) is 4.79 Å². The van der Waals surface area contributed by atoms with Crippen molar-refractivity contribution in [2.45, 2.75) is 172 Å². The summed E-state index contributed by atoms with van der Waals surface area (Å²) in [5.41, 5.74) is 17.3. The second-order valence-electron chi connectivity index (χ2n) is 25.1. The van der Waals surface area contributed by atoms with Crippen LogP contribution in [0.1, 0.15) is 181 Å². The summed E-state index contributed by atoms with van der Waals surface area (Å²) in [5, 5.41) is 18.5. The van der Waals surface area contributed by atoms with E-state index in [-0.39, 0.29) is 52.7 Å². The Labute approximate surface area is 447 Å². The summed E-state index contributed by atoms with van der Waals surface area (Å²) in [4.78, 5) is 26.9. The zero-order chi connectivity index (χ0) is 55.5. The molecule has 0 spiro atoms. The van der Waals surface area contributed by atoms with Gasteiger partial charge in [0, 0.05) is 71.3 Å². The number of aliphatic imine (C=N–C) groups is 3. The number of amidine groups is 2. The van der Waals surface area contributed by atoms with Gasteiger partial charge in [-0.25, -0.2) is 46.2 Å². The van der Waals surface area contributed by atoms with Gasteiger partial charge in [0.1, 0.15) is 17.3 Å². The largest absolute Gasteiger partial charge is 0.387 e. The fraction of sp³-hybridized carbons (Fsp3) is 0.636. The SMILES string of the molecule is Cc1cc2c(cc1N=C1C(N=C(N)C(C)CNS(C)(=O)=O)=NN=C1C(C)(C)C)C(C)CC(C)(C)N2CCCCCN1c2cc(C)c(N=C3C(C(C)(C)C)=Nn4nc(C(C)CNS(C)(=O)=O)nc43)cc2C(C)CC1(C)C. The zero-order valence-corrected chi connectivity index (χ0v) is 49.6. The van der Waals surface area contributed by atoms with Crippen molar-refractivity contribution in [1.82, 2.24) is 24.3 Å². The molecule has 7 rings (SSSR count). The summed E-state index contributed by atoms with van der Waals surface area (Å²) in [5.74, 6) is 1.63. The lowest BCUT2D eigenvalue weighted by Gasteiger charge is -2.48. The van der Waals surface area contributed by atoms with Crippen molar-refractivity contribution in [3.8, 4) is 0 Å². The second kappa shape index (κ2) is 21.0. The van der Waals surface area contributed by atoms with Crippen LogP contribution in [0, 0.1) is 30.6 Å². The fourth-order valence-corrected chi connectivity index (χ4v) is 12.0. The summed E-state index contributed by atoms with van der Waals surface area (Å²) < 4.78 is 52.3. The third kappa shape index (κ3) is 13.0. The van der Waals surface area contributed by atoms with Gasteiger partial charge in [-0.1, -0.05) is 69.2 Å². The Morgan fingerprint density at radius 1 is 0.733 bits per heavy atom. The predicted octanol–water partition coefficient (Wildman–Crippen LogP) is 9.42. The molecule has 0 amide bonds. The number of hydrogen-bond donors (Lipinski definition) is 3. The number of nitrogens with zero attached hydrogens (tertiary/aromatic N) is 11. The van der Waals surface area contributed by atoms with Crippen molar-refractivity contribution >= 4 is 77.3 Å². The molecule has 2 aromatic carbocycles. The monoisotopic (exact) mass is 1070 g/mol. The molecule has 4 unspecified atom stereocenters. The van der Waals surface area contributed by atoms with Gasteiger partial charge in [0.2, 0.25) is 31.7 Å². The van der Waals surface area contributed by atoms with Gasteiger partial charge < -0.3 is 15.5 Å². The third-order valence-corrected chi connectivity index (χ3v) is 16.3. The minimum absolute atomic E-state index is 0.0404. The van der Waals surface area contributed by atoms with Crippen LogP contribution in [0.15, 0.2) is 54.5 Å². The van der Waals surface area contributed by atoms with Crippen molar-refractivity contribution in [2.24, 2.45) is 52.8 Å². The van der Waals surface area contributed by atoms with Crippen LogP contribution < -0.4 is 25.0 Å². The number of benzene rings is 2. The number of anilines is 2. The van der Waals surface area contributed by atoms with E-state index in [0.717, 1.165) is 85.9 Å². The van der Waals surface area contributed by atoms with Crippen LogP contribution in [0.5, 0.6) is 0 Å². The molecule has 18 nitrogen and oxygen atoms in total. The van der Waals surface area contributed by atoms with Crippen molar-refractivity contribution < 1.29 is 16.8 Å². The maximum Gasteiger partial charge on any atom is 0.208 e. The van der Waals surface area contributed by atoms with Crippen LogP contribution in [-0.4, -0.2) is 116 Å². The average Bonchev–Trinajstić information content (AvgIpc) is 3.97. The van der Waals surface area contributed by atoms with Crippen molar-refractivity contribution in [3.05, 3.63) is 58.2 Å². The Hall–Kier alpha value is -5.18. The molecule has 0 saturated carbocycles. The number of hydrogen-bond acceptors (Lipinski definition) is 14. The summed E-state index contributed by atoms with van der Waals surface area (Å²) >= 11 is 0. The lowest BCUT2D eigenvalue weighted by atomic mass is 9.79. The number of unbranched alkanes of at least 4 members (excludes halogenated alkanes) is 2. The van der Waals surface area contributed by atoms with E-state index >= 15 is 0 Å². The first kappa shape index (κ1) is 57.5. The van der Waals surface area contributed by atoms with E-state index in [2.05, 4.69) is 161 Å². The van der Waals surface area contributed by atoms with E-state index < -0.39 is 20.0 Å². The predicted molar refractivity (Wildman–Crippen MR) is 310 cm³/mol. The third-order valence-electron chi connectivity index (χ3n) is 15.0. The van der Waals surface area contributed by atoms with Gasteiger partial charge in [0.15, 0.2) is 5.82 Å². The Kier molecular flexibility index (Phi) is 16.1. The Morgan fingerprint density at radius 3 is 1.69 bits per heavy atom. The topological polar surface area (TPSA) is 230 Å². The van der Waals surface area contributed by atoms with Gasteiger partial charge in [-0.05, 0) is 132 Å². The summed E-state index contributed by atoms with van der Waals surface area (Å²) in [6.45, 7) is 36.8. The van der Waals surface area contributed by atoms with Crippen molar-refractivity contribution in [2.75, 3.05) is 48.5 Å². The maximum atomic E-state index is 11.8. The van der Waals surface area contributed by atoms with Gasteiger partial charge in [0.25, 0.3) is 0 Å². The van der Waals surface area contributed by atoms with Crippen LogP contribution in [-0.2, 0) is 20.0 Å². The highest BCUT2D eigenvalue weighted by molar-refractivity contribution is 7.89. The van der Waals surface area contributed by atoms with Crippen LogP contribution in [0.25, 0.3) is 0 Å². The first-order valence-electron chi connectivity index (χ1n) is 26.5. The van der Waals surface area contributed by atoms with Gasteiger partial charge in [-0.3, -0.25) is 0 Å². The van der Waals surface area contributed by atoms with E-state index in [1.807, 2.05) is 13.8 Å². The molecular formula is C55H84N14O4S2. The van der Waals surface area contributed by atoms with Gasteiger partial charge in [-0.15, -0.1) is 15.0 Å². The molecule has 3 aromatic rings. The molecule has 1 aromatic heterocycles. The normalized spacial score (nSPS) is 21.7. The van der Waals surface area contributed by atoms with E-state index in [1.165, 1.54) is 22.5 Å². The standard InChI is InChI=1S/C55H84N14O4S2/c1-32-24-42-38(26-40(32)59-44-46(52(7,8)9)63-64-50(44)61-48(56)36(5)30-57-74(17,70)71)34(3)28-54(13,14)67(42)22-20-19-21-23-68-43-25-33(2)41(27-39(43)35(4)29-55(68,15)16)60-45-47(53(10,11)12)65-69-51(45)62-49(66-69)37(6)31-58-75(18,72)73/h24-27,34-37,57-58H,19-23,28-31H2,1-18H3,(H2,56,59,61,64).